The molecule has 5 aliphatic rings. The van der Waals surface area contributed by atoms with Gasteiger partial charge in [0.1, 0.15) is 0 Å². The normalized spacial score (nSPS) is 58.2. The molecule has 0 aliphatic heterocycles. The molecule has 5 rings (SSSR count). The summed E-state index contributed by atoms with van der Waals surface area (Å²) in [6, 6.07) is 0. The van der Waals surface area contributed by atoms with Crippen LogP contribution in [0, 0.1) is 58.2 Å². The third kappa shape index (κ3) is 2.02. The van der Waals surface area contributed by atoms with E-state index in [2.05, 4.69) is 27.7 Å². The second-order valence-electron chi connectivity index (χ2n) is 11.9. The highest BCUT2D eigenvalue weighted by molar-refractivity contribution is 5.24. The lowest BCUT2D eigenvalue weighted by Gasteiger charge is -2.56. The molecule has 2 unspecified atom stereocenters. The molecule has 0 radical (unpaired) electrons. The molecular formula is C24H40O2. The molecule has 0 bridgehead atoms. The zero-order chi connectivity index (χ0) is 18.5. The molecule has 0 saturated heterocycles. The average molecular weight is 361 g/mol. The molecule has 5 aliphatic carbocycles. The monoisotopic (exact) mass is 360 g/mol. The van der Waals surface area contributed by atoms with Gasteiger partial charge in [-0.05, 0) is 110 Å². The Morgan fingerprint density at radius 2 is 1.50 bits per heavy atom. The van der Waals surface area contributed by atoms with Crippen LogP contribution >= 0.6 is 0 Å². The van der Waals surface area contributed by atoms with E-state index in [1.807, 2.05) is 0 Å². The van der Waals surface area contributed by atoms with Gasteiger partial charge in [0.25, 0.3) is 0 Å². The summed E-state index contributed by atoms with van der Waals surface area (Å²) < 4.78 is 0. The highest BCUT2D eigenvalue weighted by Crippen LogP contribution is 2.75. The first kappa shape index (κ1) is 18.0. The Morgan fingerprint density at radius 3 is 2.23 bits per heavy atom. The number of fused-ring (bicyclic) bond motifs is 7. The predicted molar refractivity (Wildman–Crippen MR) is 104 cm³/mol. The molecule has 2 nitrogen and oxygen atoms in total. The van der Waals surface area contributed by atoms with Crippen molar-refractivity contribution in [2.75, 3.05) is 6.61 Å². The van der Waals surface area contributed by atoms with Crippen LogP contribution in [0.5, 0.6) is 0 Å². The van der Waals surface area contributed by atoms with E-state index in [-0.39, 0.29) is 11.0 Å². The van der Waals surface area contributed by atoms with Gasteiger partial charge < -0.3 is 10.2 Å². The Hall–Kier alpha value is -0.0800. The Morgan fingerprint density at radius 1 is 0.846 bits per heavy atom. The van der Waals surface area contributed by atoms with Gasteiger partial charge in [0.05, 0.1) is 5.60 Å². The molecule has 5 fully saturated rings. The molecule has 26 heavy (non-hydrogen) atoms. The maximum absolute atomic E-state index is 11.1. The maximum Gasteiger partial charge on any atom is 0.0739 e. The van der Waals surface area contributed by atoms with Crippen molar-refractivity contribution in [2.45, 2.75) is 84.7 Å². The molecule has 0 heterocycles. The van der Waals surface area contributed by atoms with E-state index in [4.69, 9.17) is 0 Å². The third-order valence-corrected chi connectivity index (χ3v) is 11.1. The van der Waals surface area contributed by atoms with E-state index in [9.17, 15) is 10.2 Å². The number of aliphatic hydroxyl groups excluding tert-OH is 1. The lowest BCUT2D eigenvalue weighted by atomic mass is 9.49. The third-order valence-electron chi connectivity index (χ3n) is 11.1. The van der Waals surface area contributed by atoms with E-state index >= 15 is 0 Å². The lowest BCUT2D eigenvalue weighted by Crippen LogP contribution is -2.50. The van der Waals surface area contributed by atoms with Crippen molar-refractivity contribution >= 4 is 0 Å². The fourth-order valence-corrected chi connectivity index (χ4v) is 9.75. The molecule has 0 aromatic rings. The van der Waals surface area contributed by atoms with Gasteiger partial charge in [-0.1, -0.05) is 27.7 Å². The average Bonchev–Trinajstić information content (AvgIpc) is 2.89. The maximum atomic E-state index is 11.1. The first-order valence-electron chi connectivity index (χ1n) is 11.6. The summed E-state index contributed by atoms with van der Waals surface area (Å²) >= 11 is 0. The van der Waals surface area contributed by atoms with Crippen molar-refractivity contribution in [2.24, 2.45) is 58.2 Å². The van der Waals surface area contributed by atoms with Gasteiger partial charge in [-0.15, -0.1) is 0 Å². The fraction of sp³-hybridized carbons (Fsp3) is 1.00. The highest BCUT2D eigenvalue weighted by atomic mass is 16.3. The molecular weight excluding hydrogens is 320 g/mol. The molecule has 0 amide bonds. The largest absolute Gasteiger partial charge is 0.396 e. The Bertz CT molecular complexity index is 585. The van der Waals surface area contributed by atoms with E-state index in [0.29, 0.717) is 23.9 Å². The minimum absolute atomic E-state index is 0.164. The SMILES string of the molecule is CC(CO)[C@H]1CC[C@H]2[C@@H]3CC[C@@H]4C5C(C)(C)[C@@]5(O)CC[C@@H]4[C@H]3CC[C@]12C. The summed E-state index contributed by atoms with van der Waals surface area (Å²) in [4.78, 5) is 0. The Kier molecular flexibility index (Phi) is 3.80. The van der Waals surface area contributed by atoms with Crippen LogP contribution in [0.1, 0.15) is 79.1 Å². The van der Waals surface area contributed by atoms with E-state index in [0.717, 1.165) is 41.9 Å². The van der Waals surface area contributed by atoms with Gasteiger partial charge in [0.2, 0.25) is 0 Å². The Balaban J connectivity index is 1.38. The first-order valence-corrected chi connectivity index (χ1v) is 11.6. The standard InChI is InChI=1S/C24H40O2/c1-14(13-25)19-7-8-20-17-5-6-18-16(15(17)9-11-23(19,20)4)10-12-24(26)21(18)22(24,2)3/h14-21,25-26H,5-13H2,1-4H3/t14?,15-,16-,17-,18+,19-,20+,21?,23-,24-/m1/s1. The Labute approximate surface area is 160 Å². The van der Waals surface area contributed by atoms with Gasteiger partial charge in [0, 0.05) is 6.61 Å². The van der Waals surface area contributed by atoms with Crippen LogP contribution in [-0.2, 0) is 0 Å². The van der Waals surface area contributed by atoms with Crippen LogP contribution in [0.25, 0.3) is 0 Å². The molecule has 0 aromatic heterocycles. The van der Waals surface area contributed by atoms with E-state index in [1.54, 1.807) is 0 Å². The summed E-state index contributed by atoms with van der Waals surface area (Å²) in [7, 11) is 0. The molecule has 0 aromatic carbocycles. The number of hydrogen-bond acceptors (Lipinski definition) is 2. The molecule has 148 valence electrons. The van der Waals surface area contributed by atoms with Gasteiger partial charge >= 0.3 is 0 Å². The van der Waals surface area contributed by atoms with Crippen molar-refractivity contribution in [1.82, 2.24) is 0 Å². The van der Waals surface area contributed by atoms with Crippen molar-refractivity contribution in [3.05, 3.63) is 0 Å². The first-order chi connectivity index (χ1) is 12.3. The minimum Gasteiger partial charge on any atom is -0.396 e. The molecule has 0 spiro atoms. The van der Waals surface area contributed by atoms with Crippen LogP contribution < -0.4 is 0 Å². The quantitative estimate of drug-likeness (QED) is 0.737. The zero-order valence-electron chi connectivity index (χ0n) is 17.4. The molecule has 10 atom stereocenters. The number of rotatable bonds is 2. The van der Waals surface area contributed by atoms with Crippen LogP contribution in [0.2, 0.25) is 0 Å². The highest BCUT2D eigenvalue weighted by Gasteiger charge is 2.75. The topological polar surface area (TPSA) is 40.5 Å². The smallest absolute Gasteiger partial charge is 0.0739 e. The van der Waals surface area contributed by atoms with Gasteiger partial charge in [-0.3, -0.25) is 0 Å². The zero-order valence-corrected chi connectivity index (χ0v) is 17.4. The summed E-state index contributed by atoms with van der Waals surface area (Å²) in [5, 5.41) is 20.9. The van der Waals surface area contributed by atoms with E-state index < -0.39 is 0 Å². The van der Waals surface area contributed by atoms with E-state index in [1.165, 1.54) is 44.9 Å². The number of hydrogen-bond donors (Lipinski definition) is 2. The summed E-state index contributed by atoms with van der Waals surface area (Å²) in [6.45, 7) is 9.86. The predicted octanol–water partition coefficient (Wildman–Crippen LogP) is 4.88. The second kappa shape index (κ2) is 5.50. The van der Waals surface area contributed by atoms with Crippen LogP contribution in [-0.4, -0.2) is 22.4 Å². The van der Waals surface area contributed by atoms with Gasteiger partial charge in [-0.25, -0.2) is 0 Å². The lowest BCUT2D eigenvalue weighted by molar-refractivity contribution is -0.0857. The fourth-order valence-electron chi connectivity index (χ4n) is 9.75. The number of aliphatic hydroxyl groups is 2. The summed E-state index contributed by atoms with van der Waals surface area (Å²) in [5.41, 5.74) is 0.307. The van der Waals surface area contributed by atoms with Crippen molar-refractivity contribution in [3.63, 3.8) is 0 Å². The molecule has 2 N–H and O–H groups in total. The van der Waals surface area contributed by atoms with Gasteiger partial charge in [-0.2, -0.15) is 0 Å². The molecule has 5 saturated carbocycles. The van der Waals surface area contributed by atoms with Crippen molar-refractivity contribution in [1.29, 1.82) is 0 Å². The van der Waals surface area contributed by atoms with Gasteiger partial charge in [0.15, 0.2) is 0 Å². The minimum atomic E-state index is -0.334. The van der Waals surface area contributed by atoms with Crippen LogP contribution in [0.4, 0.5) is 0 Å². The van der Waals surface area contributed by atoms with Crippen molar-refractivity contribution in [3.8, 4) is 0 Å². The summed E-state index contributed by atoms with van der Waals surface area (Å²) in [6.07, 6.45) is 10.7. The second-order valence-corrected chi connectivity index (χ2v) is 11.9. The van der Waals surface area contributed by atoms with Crippen LogP contribution in [0.15, 0.2) is 0 Å². The van der Waals surface area contributed by atoms with Crippen LogP contribution in [0.3, 0.4) is 0 Å². The summed E-state index contributed by atoms with van der Waals surface area (Å²) in [5.74, 6) is 6.21. The van der Waals surface area contributed by atoms with Crippen molar-refractivity contribution < 1.29 is 10.2 Å². The molecule has 2 heteroatoms.